The Hall–Kier alpha value is 1.49. The molecule has 0 bridgehead atoms. The molecule has 0 heterocycles. The number of hydrogen-bond acceptors (Lipinski definition) is 0. The van der Waals surface area contributed by atoms with Gasteiger partial charge in [0.05, 0.1) is 0 Å². The van der Waals surface area contributed by atoms with E-state index in [0.29, 0.717) is 0 Å². The predicted octanol–water partition coefficient (Wildman–Crippen LogP) is 4.02. The second-order valence-corrected chi connectivity index (χ2v) is 10.2. The molecule has 0 saturated heterocycles. The second-order valence-electron chi connectivity index (χ2n) is 2.16. The molecule has 10 heavy (non-hydrogen) atoms. The predicted molar refractivity (Wildman–Crippen MR) is 59.4 cm³/mol. The van der Waals surface area contributed by atoms with Crippen LogP contribution >= 0.6 is 28.1 Å². The SMILES string of the molecule is CCCCCCC.[Br][AlH][Br]. The Morgan fingerprint density at radius 3 is 1.40 bits per heavy atom. The van der Waals surface area contributed by atoms with Crippen molar-refractivity contribution >= 4 is 39.7 Å². The Morgan fingerprint density at radius 1 is 0.900 bits per heavy atom. The van der Waals surface area contributed by atoms with Crippen molar-refractivity contribution in [2.45, 2.75) is 46.0 Å². The van der Waals surface area contributed by atoms with Crippen LogP contribution in [0.5, 0.6) is 0 Å². The number of unbranched alkanes of at least 4 members (excludes halogenated alkanes) is 4. The largest absolute Gasteiger partial charge is 0.435 e. The average Bonchev–Trinajstić information content (AvgIpc) is 1.91. The Bertz CT molecular complexity index is 38.6. The van der Waals surface area contributed by atoms with Crippen LogP contribution < -0.4 is 0 Å². The monoisotopic (exact) mass is 286 g/mol. The first-order valence-corrected chi connectivity index (χ1v) is 11.7. The standard InChI is InChI=1S/C7H16.Al.2BrH.H/c1-3-5-7-6-4-2;;;;/h3-7H2,1-2H3;;2*1H;/q;+2;;;/p-2. The molecular weight excluding hydrogens is 271 g/mol. The Kier molecular flexibility index (Phi) is 23.6. The first kappa shape index (κ1) is 14.0. The smallest absolute Gasteiger partial charge is 0.203 e. The maximum Gasteiger partial charge on any atom is 0.435 e. The highest BCUT2D eigenvalue weighted by molar-refractivity contribution is 9.47. The molecule has 0 saturated carbocycles. The Morgan fingerprint density at radius 2 is 1.20 bits per heavy atom. The molecule has 0 spiro atoms. The normalized spacial score (nSPS) is 8.00. The van der Waals surface area contributed by atoms with Gasteiger partial charge in [-0.15, -0.1) is 0 Å². The van der Waals surface area contributed by atoms with Crippen molar-refractivity contribution in [3.63, 3.8) is 0 Å². The quantitative estimate of drug-likeness (QED) is 0.541. The van der Waals surface area contributed by atoms with E-state index < -0.39 is 0 Å². The summed E-state index contributed by atoms with van der Waals surface area (Å²) in [6.45, 7) is 4.49. The summed E-state index contributed by atoms with van der Waals surface area (Å²) in [5.74, 6) is 0. The van der Waals surface area contributed by atoms with Gasteiger partial charge >= 0.3 is 11.6 Å². The summed E-state index contributed by atoms with van der Waals surface area (Å²) < 4.78 is 0. The molecule has 0 nitrogen and oxygen atoms in total. The first-order valence-electron chi connectivity index (χ1n) is 3.95. The van der Waals surface area contributed by atoms with Crippen molar-refractivity contribution < 1.29 is 0 Å². The van der Waals surface area contributed by atoms with Gasteiger partial charge in [0.1, 0.15) is 0 Å². The molecule has 0 unspecified atom stereocenters. The highest BCUT2D eigenvalue weighted by Gasteiger charge is 1.80. The van der Waals surface area contributed by atoms with E-state index in [1.165, 1.54) is 32.1 Å². The van der Waals surface area contributed by atoms with Gasteiger partial charge in [0.25, 0.3) is 0 Å². The molecule has 0 fully saturated rings. The first-order chi connectivity index (χ1) is 4.83. The van der Waals surface area contributed by atoms with Crippen LogP contribution in [0.3, 0.4) is 0 Å². The fourth-order valence-corrected chi connectivity index (χ4v) is 0.677. The zero-order chi connectivity index (χ0) is 8.24. The van der Waals surface area contributed by atoms with Crippen LogP contribution in [-0.2, 0) is 0 Å². The van der Waals surface area contributed by atoms with E-state index in [1.807, 2.05) is 0 Å². The van der Waals surface area contributed by atoms with E-state index in [-0.39, 0.29) is 11.6 Å². The summed E-state index contributed by atoms with van der Waals surface area (Å²) in [4.78, 5) is 0. The minimum atomic E-state index is 0.0417. The van der Waals surface area contributed by atoms with Crippen molar-refractivity contribution in [3.05, 3.63) is 0 Å². The van der Waals surface area contributed by atoms with E-state index >= 15 is 0 Å². The van der Waals surface area contributed by atoms with Crippen LogP contribution in [0.1, 0.15) is 46.0 Å². The van der Waals surface area contributed by atoms with Gasteiger partial charge in [0.2, 0.25) is 0 Å². The van der Waals surface area contributed by atoms with Gasteiger partial charge in [0.15, 0.2) is 0 Å². The van der Waals surface area contributed by atoms with E-state index in [0.717, 1.165) is 0 Å². The highest BCUT2D eigenvalue weighted by Crippen LogP contribution is 2.00. The van der Waals surface area contributed by atoms with E-state index in [4.69, 9.17) is 0 Å². The van der Waals surface area contributed by atoms with E-state index in [2.05, 4.69) is 42.0 Å². The summed E-state index contributed by atoms with van der Waals surface area (Å²) >= 11 is 6.44. The van der Waals surface area contributed by atoms with Gasteiger partial charge in [-0.25, -0.2) is 28.1 Å². The molecule has 0 aromatic carbocycles. The molecular formula is C7H17AlBr2. The minimum absolute atomic E-state index is 0.0417. The van der Waals surface area contributed by atoms with Crippen molar-refractivity contribution in [1.29, 1.82) is 0 Å². The summed E-state index contributed by atoms with van der Waals surface area (Å²) in [6.07, 6.45) is 7.01. The Balaban J connectivity index is 0. The molecule has 0 aromatic rings. The van der Waals surface area contributed by atoms with Crippen molar-refractivity contribution in [2.75, 3.05) is 0 Å². The van der Waals surface area contributed by atoms with Gasteiger partial charge in [-0.2, -0.15) is 0 Å². The molecule has 3 heteroatoms. The van der Waals surface area contributed by atoms with Crippen molar-refractivity contribution in [1.82, 2.24) is 0 Å². The van der Waals surface area contributed by atoms with Crippen LogP contribution in [0.25, 0.3) is 0 Å². The minimum Gasteiger partial charge on any atom is -0.203 e. The summed E-state index contributed by atoms with van der Waals surface area (Å²) in [5.41, 5.74) is 0. The third-order valence-corrected chi connectivity index (χ3v) is 1.21. The number of rotatable bonds is 4. The van der Waals surface area contributed by atoms with Crippen LogP contribution in [0.2, 0.25) is 0 Å². The zero-order valence-corrected chi connectivity index (χ0v) is 11.6. The van der Waals surface area contributed by atoms with Crippen molar-refractivity contribution in [3.8, 4) is 0 Å². The lowest BCUT2D eigenvalue weighted by Crippen LogP contribution is -1.70. The molecule has 0 aromatic heterocycles. The molecule has 0 aliphatic heterocycles. The molecule has 0 rings (SSSR count). The molecule has 0 aliphatic carbocycles. The fraction of sp³-hybridized carbons (Fsp3) is 1.00. The molecule has 0 atom stereocenters. The maximum atomic E-state index is 3.20. The van der Waals surface area contributed by atoms with E-state index in [9.17, 15) is 0 Å². The van der Waals surface area contributed by atoms with Gasteiger partial charge in [-0.1, -0.05) is 46.0 Å². The highest BCUT2D eigenvalue weighted by atomic mass is 79.9. The maximum absolute atomic E-state index is 3.20. The van der Waals surface area contributed by atoms with Crippen LogP contribution in [0.4, 0.5) is 0 Å². The van der Waals surface area contributed by atoms with Gasteiger partial charge in [-0.05, 0) is 0 Å². The van der Waals surface area contributed by atoms with Crippen LogP contribution in [-0.4, -0.2) is 11.6 Å². The van der Waals surface area contributed by atoms with Gasteiger partial charge < -0.3 is 0 Å². The molecule has 0 radical (unpaired) electrons. The van der Waals surface area contributed by atoms with Crippen molar-refractivity contribution in [2.24, 2.45) is 0 Å². The molecule has 0 aliphatic rings. The lowest BCUT2D eigenvalue weighted by atomic mass is 10.2. The average molecular weight is 288 g/mol. The third kappa shape index (κ3) is 22.7. The van der Waals surface area contributed by atoms with Crippen LogP contribution in [0, 0.1) is 0 Å². The molecule has 0 amide bonds. The summed E-state index contributed by atoms with van der Waals surface area (Å²) in [5, 5.41) is 0. The number of hydrogen-bond donors (Lipinski definition) is 0. The third-order valence-electron chi connectivity index (χ3n) is 1.21. The number of halogens is 2. The summed E-state index contributed by atoms with van der Waals surface area (Å²) in [7, 11) is 0. The Labute approximate surface area is 85.2 Å². The lowest BCUT2D eigenvalue weighted by molar-refractivity contribution is 0.656. The topological polar surface area (TPSA) is 0 Å². The van der Waals surface area contributed by atoms with Gasteiger partial charge in [0, 0.05) is 0 Å². The molecule has 62 valence electrons. The summed E-state index contributed by atoms with van der Waals surface area (Å²) in [6, 6.07) is 0. The zero-order valence-electron chi connectivity index (χ0n) is 7.00. The molecule has 0 N–H and O–H groups in total. The fourth-order valence-electron chi connectivity index (χ4n) is 0.677. The second kappa shape index (κ2) is 16.8. The van der Waals surface area contributed by atoms with Crippen LogP contribution in [0.15, 0.2) is 0 Å². The van der Waals surface area contributed by atoms with E-state index in [1.54, 1.807) is 0 Å². The lowest BCUT2D eigenvalue weighted by Gasteiger charge is -1.90. The van der Waals surface area contributed by atoms with Gasteiger partial charge in [-0.3, -0.25) is 0 Å².